The van der Waals surface area contributed by atoms with E-state index in [9.17, 15) is 4.79 Å². The number of ketones is 1. The van der Waals surface area contributed by atoms with Crippen LogP contribution in [0.1, 0.15) is 41.8 Å². The van der Waals surface area contributed by atoms with E-state index in [0.29, 0.717) is 5.92 Å². The molecule has 4 rings (SSSR count). The molecule has 0 amide bonds. The minimum atomic E-state index is 0.104. The van der Waals surface area contributed by atoms with Crippen molar-refractivity contribution in [1.82, 2.24) is 4.57 Å². The smallest absolute Gasteiger partial charge is 0.195 e. The second kappa shape index (κ2) is 7.03. The summed E-state index contributed by atoms with van der Waals surface area (Å²) in [7, 11) is 0. The second-order valence-corrected chi connectivity index (χ2v) is 7.70. The molecule has 0 aliphatic heterocycles. The van der Waals surface area contributed by atoms with Crippen LogP contribution in [0.2, 0.25) is 0 Å². The minimum Gasteiger partial charge on any atom is -0.340 e. The van der Waals surface area contributed by atoms with Gasteiger partial charge in [0.05, 0.1) is 5.52 Å². The SMILES string of the molecule is Cc1ccccc1C(=O)c1cccc2c3ccccc3n(CCC(C)C)c12. The second-order valence-electron chi connectivity index (χ2n) is 7.70. The molecule has 0 fully saturated rings. The number of nitrogens with zero attached hydrogens (tertiary/aromatic N) is 1. The zero-order chi connectivity index (χ0) is 19.0. The molecule has 27 heavy (non-hydrogen) atoms. The molecule has 0 spiro atoms. The molecule has 0 radical (unpaired) electrons. The summed E-state index contributed by atoms with van der Waals surface area (Å²) < 4.78 is 2.34. The third-order valence-corrected chi connectivity index (χ3v) is 5.36. The van der Waals surface area contributed by atoms with E-state index < -0.39 is 0 Å². The fourth-order valence-electron chi connectivity index (χ4n) is 3.88. The predicted octanol–water partition coefficient (Wildman–Crippen LogP) is 6.38. The maximum Gasteiger partial charge on any atom is 0.195 e. The van der Waals surface area contributed by atoms with Gasteiger partial charge in [0.2, 0.25) is 0 Å². The molecule has 3 aromatic carbocycles. The van der Waals surface area contributed by atoms with Gasteiger partial charge in [0.15, 0.2) is 5.78 Å². The molecule has 0 bridgehead atoms. The Hall–Kier alpha value is -2.87. The Kier molecular flexibility index (Phi) is 4.57. The van der Waals surface area contributed by atoms with Gasteiger partial charge in [-0.05, 0) is 37.0 Å². The quantitative estimate of drug-likeness (QED) is 0.381. The fraction of sp³-hybridized carbons (Fsp3) is 0.240. The van der Waals surface area contributed by atoms with Crippen molar-refractivity contribution in [2.45, 2.75) is 33.7 Å². The Balaban J connectivity index is 1.99. The molecule has 1 heterocycles. The third kappa shape index (κ3) is 3.06. The summed E-state index contributed by atoms with van der Waals surface area (Å²) in [6, 6.07) is 22.4. The molecule has 0 aliphatic rings. The molecule has 0 aliphatic carbocycles. The number of rotatable bonds is 5. The van der Waals surface area contributed by atoms with E-state index in [0.717, 1.165) is 40.6 Å². The highest BCUT2D eigenvalue weighted by molar-refractivity contribution is 6.20. The molecule has 0 atom stereocenters. The normalized spacial score (nSPS) is 11.6. The molecular formula is C25H25NO. The Morgan fingerprint density at radius 1 is 0.852 bits per heavy atom. The molecule has 2 nitrogen and oxygen atoms in total. The topological polar surface area (TPSA) is 22.0 Å². The van der Waals surface area contributed by atoms with Crippen LogP contribution in [-0.2, 0) is 6.54 Å². The number of hydrogen-bond acceptors (Lipinski definition) is 1. The summed E-state index contributed by atoms with van der Waals surface area (Å²) in [5.41, 5.74) is 4.86. The molecule has 1 aromatic heterocycles. The van der Waals surface area contributed by atoms with Gasteiger partial charge in [-0.2, -0.15) is 0 Å². The van der Waals surface area contributed by atoms with Gasteiger partial charge in [0.25, 0.3) is 0 Å². The fourth-order valence-corrected chi connectivity index (χ4v) is 3.88. The average molecular weight is 355 g/mol. The maximum absolute atomic E-state index is 13.4. The summed E-state index contributed by atoms with van der Waals surface area (Å²) in [5, 5.41) is 2.38. The highest BCUT2D eigenvalue weighted by Crippen LogP contribution is 2.33. The first-order chi connectivity index (χ1) is 13.1. The first kappa shape index (κ1) is 17.5. The summed E-state index contributed by atoms with van der Waals surface area (Å²) in [6.07, 6.45) is 1.08. The lowest BCUT2D eigenvalue weighted by Gasteiger charge is -2.13. The van der Waals surface area contributed by atoms with Crippen molar-refractivity contribution < 1.29 is 4.79 Å². The van der Waals surface area contributed by atoms with E-state index in [1.165, 1.54) is 10.9 Å². The molecule has 0 saturated heterocycles. The van der Waals surface area contributed by atoms with Gasteiger partial charge in [-0.1, -0.05) is 68.4 Å². The summed E-state index contributed by atoms with van der Waals surface area (Å²) in [6.45, 7) is 7.40. The standard InChI is InChI=1S/C25H25NO/c1-17(2)15-16-26-23-14-7-6-11-20(23)21-12-8-13-22(24(21)26)25(27)19-10-5-4-9-18(19)3/h4-14,17H,15-16H2,1-3H3. The number of aryl methyl sites for hydroxylation is 2. The Labute approximate surface area is 160 Å². The summed E-state index contributed by atoms with van der Waals surface area (Å²) >= 11 is 0. The average Bonchev–Trinajstić information content (AvgIpc) is 3.00. The largest absolute Gasteiger partial charge is 0.340 e. The molecule has 0 unspecified atom stereocenters. The van der Waals surface area contributed by atoms with Crippen LogP contribution < -0.4 is 0 Å². The van der Waals surface area contributed by atoms with E-state index in [2.05, 4.69) is 48.7 Å². The van der Waals surface area contributed by atoms with Crippen LogP contribution >= 0.6 is 0 Å². The highest BCUT2D eigenvalue weighted by Gasteiger charge is 2.19. The highest BCUT2D eigenvalue weighted by atomic mass is 16.1. The predicted molar refractivity (Wildman–Crippen MR) is 114 cm³/mol. The molecular weight excluding hydrogens is 330 g/mol. The summed E-state index contributed by atoms with van der Waals surface area (Å²) in [5.74, 6) is 0.716. The van der Waals surface area contributed by atoms with Gasteiger partial charge < -0.3 is 4.57 Å². The molecule has 0 saturated carbocycles. The van der Waals surface area contributed by atoms with Crippen molar-refractivity contribution >= 4 is 27.6 Å². The number of para-hydroxylation sites is 2. The van der Waals surface area contributed by atoms with E-state index in [1.54, 1.807) is 0 Å². The van der Waals surface area contributed by atoms with E-state index >= 15 is 0 Å². The van der Waals surface area contributed by atoms with E-state index in [4.69, 9.17) is 0 Å². The lowest BCUT2D eigenvalue weighted by Crippen LogP contribution is -2.08. The van der Waals surface area contributed by atoms with E-state index in [-0.39, 0.29) is 5.78 Å². The van der Waals surface area contributed by atoms with Crippen molar-refractivity contribution in [3.63, 3.8) is 0 Å². The number of carbonyl (C=O) groups is 1. The van der Waals surface area contributed by atoms with Crippen LogP contribution in [-0.4, -0.2) is 10.4 Å². The van der Waals surface area contributed by atoms with Gasteiger partial charge >= 0.3 is 0 Å². The van der Waals surface area contributed by atoms with E-state index in [1.807, 2.05) is 43.3 Å². The number of benzene rings is 3. The molecule has 0 N–H and O–H groups in total. The number of carbonyl (C=O) groups excluding carboxylic acids is 1. The van der Waals surface area contributed by atoms with Gasteiger partial charge in [0, 0.05) is 34.0 Å². The number of fused-ring (bicyclic) bond motifs is 3. The van der Waals surface area contributed by atoms with Gasteiger partial charge in [0.1, 0.15) is 0 Å². The van der Waals surface area contributed by atoms with Crippen molar-refractivity contribution in [3.05, 3.63) is 83.4 Å². The first-order valence-corrected chi connectivity index (χ1v) is 9.68. The number of aromatic nitrogens is 1. The zero-order valence-corrected chi connectivity index (χ0v) is 16.2. The van der Waals surface area contributed by atoms with Crippen molar-refractivity contribution in [3.8, 4) is 0 Å². The monoisotopic (exact) mass is 355 g/mol. The van der Waals surface area contributed by atoms with Crippen LogP contribution in [0, 0.1) is 12.8 Å². The van der Waals surface area contributed by atoms with Gasteiger partial charge in [-0.3, -0.25) is 4.79 Å². The van der Waals surface area contributed by atoms with Gasteiger partial charge in [-0.25, -0.2) is 0 Å². The zero-order valence-electron chi connectivity index (χ0n) is 16.2. The van der Waals surface area contributed by atoms with Gasteiger partial charge in [-0.15, -0.1) is 0 Å². The van der Waals surface area contributed by atoms with Crippen LogP contribution in [0.4, 0.5) is 0 Å². The lowest BCUT2D eigenvalue weighted by atomic mass is 9.97. The van der Waals surface area contributed by atoms with Crippen molar-refractivity contribution in [2.75, 3.05) is 0 Å². The Morgan fingerprint density at radius 3 is 2.30 bits per heavy atom. The van der Waals surface area contributed by atoms with Crippen molar-refractivity contribution in [2.24, 2.45) is 5.92 Å². The minimum absolute atomic E-state index is 0.104. The Bertz CT molecular complexity index is 1130. The first-order valence-electron chi connectivity index (χ1n) is 9.68. The Morgan fingerprint density at radius 2 is 1.52 bits per heavy atom. The molecule has 2 heteroatoms. The lowest BCUT2D eigenvalue weighted by molar-refractivity contribution is 0.103. The van der Waals surface area contributed by atoms with Crippen molar-refractivity contribution in [1.29, 1.82) is 0 Å². The number of hydrogen-bond donors (Lipinski definition) is 0. The maximum atomic E-state index is 13.4. The summed E-state index contributed by atoms with van der Waals surface area (Å²) in [4.78, 5) is 13.4. The third-order valence-electron chi connectivity index (χ3n) is 5.36. The van der Waals surface area contributed by atoms with Crippen LogP contribution in [0.5, 0.6) is 0 Å². The molecule has 136 valence electrons. The van der Waals surface area contributed by atoms with Crippen LogP contribution in [0.25, 0.3) is 21.8 Å². The molecule has 4 aromatic rings. The van der Waals surface area contributed by atoms with Crippen LogP contribution in [0.3, 0.4) is 0 Å². The van der Waals surface area contributed by atoms with Crippen LogP contribution in [0.15, 0.2) is 66.7 Å².